The molecule has 1 N–H and O–H groups in total. The number of carbonyl (C=O) groups is 1. The molecule has 110 valence electrons. The summed E-state index contributed by atoms with van der Waals surface area (Å²) >= 11 is 6.02. The second-order valence-corrected chi connectivity index (χ2v) is 5.10. The number of hydrogen-bond donors (Lipinski definition) is 1. The fraction of sp³-hybridized carbons (Fsp3) is 0.0625. The minimum absolute atomic E-state index is 0.350. The van der Waals surface area contributed by atoms with Crippen LogP contribution in [0.2, 0.25) is 5.02 Å². The molecule has 0 fully saturated rings. The zero-order valence-electron chi connectivity index (χ0n) is 11.8. The number of aryl methyl sites for hydroxylation is 1. The van der Waals surface area contributed by atoms with Crippen LogP contribution < -0.4 is 5.43 Å². The Labute approximate surface area is 132 Å². The molecule has 0 radical (unpaired) electrons. The van der Waals surface area contributed by atoms with E-state index in [1.807, 2.05) is 53.9 Å². The zero-order chi connectivity index (χ0) is 15.5. The lowest BCUT2D eigenvalue weighted by Crippen LogP contribution is -2.19. The number of aromatic nitrogens is 2. The normalized spacial score (nSPS) is 11.2. The predicted molar refractivity (Wildman–Crippen MR) is 86.4 cm³/mol. The Morgan fingerprint density at radius 1 is 1.27 bits per heavy atom. The minimum atomic E-state index is -0.357. The molecule has 0 saturated heterocycles. The standard InChI is InChI=1S/C16H13ClN4O/c1-11-15(19-14-8-4-5-9-21(11)14)16(22)20-18-10-12-6-2-3-7-13(12)17/h2-10H,1H3,(H,20,22). The Morgan fingerprint density at radius 3 is 2.82 bits per heavy atom. The predicted octanol–water partition coefficient (Wildman–Crippen LogP) is 3.06. The van der Waals surface area contributed by atoms with Crippen LogP contribution in [-0.4, -0.2) is 21.5 Å². The van der Waals surface area contributed by atoms with Crippen LogP contribution in [0.4, 0.5) is 0 Å². The summed E-state index contributed by atoms with van der Waals surface area (Å²) in [5.74, 6) is -0.357. The number of halogens is 1. The second kappa shape index (κ2) is 5.99. The van der Waals surface area contributed by atoms with Gasteiger partial charge in [-0.3, -0.25) is 4.79 Å². The molecule has 0 aliphatic carbocycles. The Kier molecular flexibility index (Phi) is 3.89. The number of hydrazone groups is 1. The second-order valence-electron chi connectivity index (χ2n) is 4.70. The molecule has 2 heterocycles. The SMILES string of the molecule is Cc1c(C(=O)NN=Cc2ccccc2Cl)nc2ccccn12. The zero-order valence-corrected chi connectivity index (χ0v) is 12.6. The number of rotatable bonds is 3. The molecular formula is C16H13ClN4O. The quantitative estimate of drug-likeness (QED) is 0.597. The first-order chi connectivity index (χ1) is 10.7. The first kappa shape index (κ1) is 14.3. The molecule has 3 aromatic rings. The van der Waals surface area contributed by atoms with E-state index in [0.29, 0.717) is 10.7 Å². The third kappa shape index (κ3) is 2.71. The highest BCUT2D eigenvalue weighted by Crippen LogP contribution is 2.13. The van der Waals surface area contributed by atoms with E-state index >= 15 is 0 Å². The van der Waals surface area contributed by atoms with Crippen molar-refractivity contribution in [3.63, 3.8) is 0 Å². The van der Waals surface area contributed by atoms with E-state index in [1.54, 1.807) is 6.07 Å². The molecular weight excluding hydrogens is 300 g/mol. The summed E-state index contributed by atoms with van der Waals surface area (Å²) in [6, 6.07) is 12.9. The van der Waals surface area contributed by atoms with E-state index in [-0.39, 0.29) is 5.91 Å². The van der Waals surface area contributed by atoms with Crippen molar-refractivity contribution in [2.45, 2.75) is 6.92 Å². The molecule has 22 heavy (non-hydrogen) atoms. The Balaban J connectivity index is 1.79. The van der Waals surface area contributed by atoms with Crippen LogP contribution in [0.1, 0.15) is 21.7 Å². The molecule has 0 unspecified atom stereocenters. The van der Waals surface area contributed by atoms with Gasteiger partial charge < -0.3 is 4.40 Å². The first-order valence-corrected chi connectivity index (χ1v) is 7.06. The van der Waals surface area contributed by atoms with Crippen molar-refractivity contribution in [1.29, 1.82) is 0 Å². The van der Waals surface area contributed by atoms with Gasteiger partial charge in [-0.2, -0.15) is 5.10 Å². The van der Waals surface area contributed by atoms with Crippen molar-refractivity contribution < 1.29 is 4.79 Å². The van der Waals surface area contributed by atoms with Gasteiger partial charge in [0.15, 0.2) is 5.69 Å². The smallest absolute Gasteiger partial charge is 0.291 e. The lowest BCUT2D eigenvalue weighted by molar-refractivity contribution is 0.0950. The molecule has 0 spiro atoms. The molecule has 1 aromatic carbocycles. The Bertz CT molecular complexity index is 869. The number of imidazole rings is 1. The van der Waals surface area contributed by atoms with Crippen molar-refractivity contribution in [1.82, 2.24) is 14.8 Å². The number of pyridine rings is 1. The average Bonchev–Trinajstić information content (AvgIpc) is 2.87. The first-order valence-electron chi connectivity index (χ1n) is 6.68. The van der Waals surface area contributed by atoms with Gasteiger partial charge in [-0.15, -0.1) is 0 Å². The number of benzene rings is 1. The molecule has 3 rings (SSSR count). The Morgan fingerprint density at radius 2 is 2.05 bits per heavy atom. The van der Waals surface area contributed by atoms with E-state index in [1.165, 1.54) is 6.21 Å². The van der Waals surface area contributed by atoms with Crippen LogP contribution in [0.3, 0.4) is 0 Å². The lowest BCUT2D eigenvalue weighted by atomic mass is 10.2. The van der Waals surface area contributed by atoms with Gasteiger partial charge in [-0.05, 0) is 25.1 Å². The summed E-state index contributed by atoms with van der Waals surface area (Å²) < 4.78 is 1.85. The number of nitrogens with one attached hydrogen (secondary N) is 1. The molecule has 0 atom stereocenters. The highest BCUT2D eigenvalue weighted by atomic mass is 35.5. The van der Waals surface area contributed by atoms with Gasteiger partial charge in [0.1, 0.15) is 5.65 Å². The largest absolute Gasteiger partial charge is 0.304 e. The van der Waals surface area contributed by atoms with Gasteiger partial charge in [0, 0.05) is 16.8 Å². The van der Waals surface area contributed by atoms with Gasteiger partial charge in [-0.1, -0.05) is 35.9 Å². The van der Waals surface area contributed by atoms with Crippen molar-refractivity contribution in [2.75, 3.05) is 0 Å². The van der Waals surface area contributed by atoms with E-state index in [0.717, 1.165) is 16.9 Å². The van der Waals surface area contributed by atoms with E-state index in [9.17, 15) is 4.79 Å². The molecule has 0 aliphatic rings. The summed E-state index contributed by atoms with van der Waals surface area (Å²) in [6.45, 7) is 1.84. The van der Waals surface area contributed by atoms with Gasteiger partial charge >= 0.3 is 0 Å². The summed E-state index contributed by atoms with van der Waals surface area (Å²) in [5, 5.41) is 4.51. The summed E-state index contributed by atoms with van der Waals surface area (Å²) in [4.78, 5) is 16.5. The fourth-order valence-electron chi connectivity index (χ4n) is 2.13. The molecule has 0 bridgehead atoms. The van der Waals surface area contributed by atoms with Crippen molar-refractivity contribution in [3.05, 3.63) is 70.6 Å². The maximum Gasteiger partial charge on any atom is 0.291 e. The summed E-state index contributed by atoms with van der Waals surface area (Å²) in [7, 11) is 0. The number of carbonyl (C=O) groups excluding carboxylic acids is 1. The molecule has 5 nitrogen and oxygen atoms in total. The van der Waals surface area contributed by atoms with Gasteiger partial charge in [0.05, 0.1) is 11.9 Å². The number of nitrogens with zero attached hydrogens (tertiary/aromatic N) is 3. The number of amides is 1. The van der Waals surface area contributed by atoms with Gasteiger partial charge in [0.2, 0.25) is 0 Å². The van der Waals surface area contributed by atoms with Crippen LogP contribution >= 0.6 is 11.6 Å². The van der Waals surface area contributed by atoms with Gasteiger partial charge in [0.25, 0.3) is 5.91 Å². The lowest BCUT2D eigenvalue weighted by Gasteiger charge is -1.99. The van der Waals surface area contributed by atoms with Gasteiger partial charge in [-0.25, -0.2) is 10.4 Å². The van der Waals surface area contributed by atoms with Crippen molar-refractivity contribution in [2.24, 2.45) is 5.10 Å². The van der Waals surface area contributed by atoms with Crippen LogP contribution in [0, 0.1) is 6.92 Å². The molecule has 0 aliphatic heterocycles. The third-order valence-corrected chi connectivity index (χ3v) is 3.60. The average molecular weight is 313 g/mol. The molecule has 2 aromatic heterocycles. The molecule has 1 amide bonds. The Hall–Kier alpha value is -2.66. The van der Waals surface area contributed by atoms with Crippen molar-refractivity contribution >= 4 is 29.4 Å². The van der Waals surface area contributed by atoms with Crippen molar-refractivity contribution in [3.8, 4) is 0 Å². The highest BCUT2D eigenvalue weighted by molar-refractivity contribution is 6.33. The van der Waals surface area contributed by atoms with E-state index in [4.69, 9.17) is 11.6 Å². The van der Waals surface area contributed by atoms with Crippen LogP contribution in [0.15, 0.2) is 53.8 Å². The number of hydrogen-bond acceptors (Lipinski definition) is 3. The molecule has 0 saturated carbocycles. The van der Waals surface area contributed by atoms with Crippen LogP contribution in [0.25, 0.3) is 5.65 Å². The maximum atomic E-state index is 12.2. The third-order valence-electron chi connectivity index (χ3n) is 3.26. The topological polar surface area (TPSA) is 58.8 Å². The fourth-order valence-corrected chi connectivity index (χ4v) is 2.31. The summed E-state index contributed by atoms with van der Waals surface area (Å²) in [6.07, 6.45) is 3.37. The maximum absolute atomic E-state index is 12.2. The summed E-state index contributed by atoms with van der Waals surface area (Å²) in [5.41, 5.74) is 5.04. The van der Waals surface area contributed by atoms with Crippen LogP contribution in [0.5, 0.6) is 0 Å². The highest BCUT2D eigenvalue weighted by Gasteiger charge is 2.14. The minimum Gasteiger partial charge on any atom is -0.304 e. The van der Waals surface area contributed by atoms with E-state index in [2.05, 4.69) is 15.5 Å². The number of fused-ring (bicyclic) bond motifs is 1. The monoisotopic (exact) mass is 312 g/mol. The molecule has 6 heteroatoms. The van der Waals surface area contributed by atoms with Crippen LogP contribution in [-0.2, 0) is 0 Å². The van der Waals surface area contributed by atoms with E-state index < -0.39 is 0 Å².